The number of alkyl halides is 3. The van der Waals surface area contributed by atoms with Crippen molar-refractivity contribution in [2.75, 3.05) is 18.0 Å². The van der Waals surface area contributed by atoms with Crippen molar-refractivity contribution in [2.45, 2.75) is 44.6 Å². The highest BCUT2D eigenvalue weighted by Gasteiger charge is 2.38. The Hall–Kier alpha value is -2.85. The molecular weight excluding hydrogens is 397 g/mol. The van der Waals surface area contributed by atoms with Gasteiger partial charge in [0, 0.05) is 25.6 Å². The van der Waals surface area contributed by atoms with Crippen molar-refractivity contribution in [2.24, 2.45) is 5.92 Å². The second kappa shape index (κ2) is 7.88. The maximum absolute atomic E-state index is 12.8. The summed E-state index contributed by atoms with van der Waals surface area (Å²) in [5, 5.41) is 11.3. The van der Waals surface area contributed by atoms with Crippen LogP contribution in [0.25, 0.3) is 0 Å². The van der Waals surface area contributed by atoms with Crippen molar-refractivity contribution in [3.8, 4) is 0 Å². The van der Waals surface area contributed by atoms with Crippen LogP contribution in [0.5, 0.6) is 0 Å². The fourth-order valence-electron chi connectivity index (χ4n) is 3.52. The number of ether oxygens (including phenoxy) is 2. The molecule has 11 heteroatoms. The molecule has 0 aliphatic carbocycles. The number of halogens is 3. The lowest BCUT2D eigenvalue weighted by atomic mass is 9.96. The Balaban J connectivity index is 1.65. The number of nitrogens with zero attached hydrogens (tertiary/aromatic N) is 2. The lowest BCUT2D eigenvalue weighted by molar-refractivity contribution is -0.384. The number of hydrogen-bond acceptors (Lipinski definition) is 7. The third kappa shape index (κ3) is 4.60. The predicted molar refractivity (Wildman–Crippen MR) is 93.1 cm³/mol. The molecule has 3 rings (SSSR count). The molecule has 1 aromatic rings. The van der Waals surface area contributed by atoms with Gasteiger partial charge in [-0.15, -0.1) is 0 Å². The van der Waals surface area contributed by atoms with E-state index in [1.807, 2.05) is 0 Å². The van der Waals surface area contributed by atoms with Gasteiger partial charge in [0.1, 0.15) is 11.8 Å². The largest absolute Gasteiger partial charge is 0.460 e. The molecule has 0 aromatic heterocycles. The molecule has 0 amide bonds. The minimum Gasteiger partial charge on any atom is -0.460 e. The second-order valence-corrected chi connectivity index (χ2v) is 7.13. The van der Waals surface area contributed by atoms with E-state index in [-0.39, 0.29) is 24.9 Å². The number of nitro benzene ring substituents is 1. The minimum absolute atomic E-state index is 0.0722. The SMILES string of the molecule is CC1CC(OC(=O)C2CCN(c3ccc(C(F)(F)F)cc3[N+](=O)[O-])CC2)C(=O)O1. The van der Waals surface area contributed by atoms with Gasteiger partial charge >= 0.3 is 18.1 Å². The standard InChI is InChI=1S/C18H19F3N2O6/c1-10-8-15(17(25)28-10)29-16(24)11-4-6-22(7-5-11)13-3-2-12(18(19,20)21)9-14(13)23(26)27/h2-3,9-11,15H,4-8H2,1H3. The molecule has 2 atom stereocenters. The van der Waals surface area contributed by atoms with Crippen LogP contribution in [0.4, 0.5) is 24.5 Å². The molecule has 2 aliphatic rings. The van der Waals surface area contributed by atoms with Crippen LogP contribution in [0.15, 0.2) is 18.2 Å². The summed E-state index contributed by atoms with van der Waals surface area (Å²) in [5.41, 5.74) is -1.66. The highest BCUT2D eigenvalue weighted by molar-refractivity contribution is 5.82. The Kier molecular flexibility index (Phi) is 5.67. The Morgan fingerprint density at radius 1 is 1.31 bits per heavy atom. The van der Waals surface area contributed by atoms with E-state index in [4.69, 9.17) is 9.47 Å². The highest BCUT2D eigenvalue weighted by Crippen LogP contribution is 2.37. The molecule has 0 radical (unpaired) electrons. The number of piperidine rings is 1. The quantitative estimate of drug-likeness (QED) is 0.423. The van der Waals surface area contributed by atoms with E-state index in [9.17, 15) is 32.9 Å². The van der Waals surface area contributed by atoms with Crippen molar-refractivity contribution >= 4 is 23.3 Å². The third-order valence-electron chi connectivity index (χ3n) is 5.05. The van der Waals surface area contributed by atoms with Gasteiger partial charge in [-0.2, -0.15) is 13.2 Å². The van der Waals surface area contributed by atoms with Gasteiger partial charge in [0.05, 0.1) is 16.4 Å². The lowest BCUT2D eigenvalue weighted by Crippen LogP contribution is -2.38. The lowest BCUT2D eigenvalue weighted by Gasteiger charge is -2.32. The van der Waals surface area contributed by atoms with Gasteiger partial charge in [0.25, 0.3) is 5.69 Å². The number of hydrogen-bond donors (Lipinski definition) is 0. The molecule has 2 heterocycles. The molecule has 29 heavy (non-hydrogen) atoms. The van der Waals surface area contributed by atoms with Crippen molar-refractivity contribution < 1.29 is 37.2 Å². The average molecular weight is 416 g/mol. The first-order chi connectivity index (χ1) is 13.6. The molecule has 2 saturated heterocycles. The zero-order valence-corrected chi connectivity index (χ0v) is 15.5. The van der Waals surface area contributed by atoms with Gasteiger partial charge in [0.15, 0.2) is 0 Å². The van der Waals surface area contributed by atoms with Gasteiger partial charge in [-0.1, -0.05) is 0 Å². The van der Waals surface area contributed by atoms with Crippen LogP contribution >= 0.6 is 0 Å². The topological polar surface area (TPSA) is 99.0 Å². The fourth-order valence-corrected chi connectivity index (χ4v) is 3.52. The predicted octanol–water partition coefficient (Wildman–Crippen LogP) is 3.08. The summed E-state index contributed by atoms with van der Waals surface area (Å²) in [4.78, 5) is 35.9. The number of carbonyl (C=O) groups excluding carboxylic acids is 2. The van der Waals surface area contributed by atoms with E-state index >= 15 is 0 Å². The molecule has 2 fully saturated rings. The van der Waals surface area contributed by atoms with Gasteiger partial charge in [-0.25, -0.2) is 4.79 Å². The summed E-state index contributed by atoms with van der Waals surface area (Å²) in [6.07, 6.45) is -5.03. The van der Waals surface area contributed by atoms with Crippen LogP contribution in [-0.2, 0) is 25.2 Å². The Bertz CT molecular complexity index is 820. The average Bonchev–Trinajstić information content (AvgIpc) is 2.97. The van der Waals surface area contributed by atoms with Crippen LogP contribution < -0.4 is 4.90 Å². The number of rotatable bonds is 4. The third-order valence-corrected chi connectivity index (χ3v) is 5.05. The summed E-state index contributed by atoms with van der Waals surface area (Å²) in [6, 6.07) is 2.40. The Morgan fingerprint density at radius 2 is 1.97 bits per heavy atom. The van der Waals surface area contributed by atoms with E-state index < -0.39 is 46.3 Å². The number of nitro groups is 1. The van der Waals surface area contributed by atoms with E-state index in [1.165, 1.54) is 0 Å². The monoisotopic (exact) mass is 416 g/mol. The molecule has 1 aromatic carbocycles. The smallest absolute Gasteiger partial charge is 0.416 e. The summed E-state index contributed by atoms with van der Waals surface area (Å²) in [5.74, 6) is -1.62. The van der Waals surface area contributed by atoms with Crippen LogP contribution in [0.1, 0.15) is 31.7 Å². The van der Waals surface area contributed by atoms with Crippen LogP contribution in [0, 0.1) is 16.0 Å². The molecule has 0 saturated carbocycles. The molecule has 158 valence electrons. The molecule has 0 N–H and O–H groups in total. The van der Waals surface area contributed by atoms with E-state index in [0.717, 1.165) is 12.1 Å². The first-order valence-electron chi connectivity index (χ1n) is 9.08. The number of benzene rings is 1. The molecule has 0 spiro atoms. The zero-order valence-electron chi connectivity index (χ0n) is 15.5. The summed E-state index contributed by atoms with van der Waals surface area (Å²) in [7, 11) is 0. The van der Waals surface area contributed by atoms with Crippen LogP contribution in [-0.4, -0.2) is 42.2 Å². The molecule has 2 aliphatic heterocycles. The van der Waals surface area contributed by atoms with Gasteiger partial charge in [-0.3, -0.25) is 14.9 Å². The van der Waals surface area contributed by atoms with Crippen LogP contribution in [0.3, 0.4) is 0 Å². The Labute approximate surface area is 163 Å². The summed E-state index contributed by atoms with van der Waals surface area (Å²) < 4.78 is 48.7. The number of anilines is 1. The minimum atomic E-state index is -4.68. The van der Waals surface area contributed by atoms with Crippen molar-refractivity contribution in [3.63, 3.8) is 0 Å². The van der Waals surface area contributed by atoms with Gasteiger partial charge < -0.3 is 14.4 Å². The Morgan fingerprint density at radius 3 is 2.48 bits per heavy atom. The first kappa shape index (κ1) is 20.9. The second-order valence-electron chi connectivity index (χ2n) is 7.13. The van der Waals surface area contributed by atoms with Gasteiger partial charge in [0.2, 0.25) is 6.10 Å². The van der Waals surface area contributed by atoms with Gasteiger partial charge in [-0.05, 0) is 31.9 Å². The van der Waals surface area contributed by atoms with Crippen molar-refractivity contribution in [1.29, 1.82) is 0 Å². The molecule has 0 bridgehead atoms. The number of cyclic esters (lactones) is 1. The number of esters is 2. The maximum atomic E-state index is 12.8. The van der Waals surface area contributed by atoms with Crippen molar-refractivity contribution in [3.05, 3.63) is 33.9 Å². The maximum Gasteiger partial charge on any atom is 0.416 e. The van der Waals surface area contributed by atoms with Crippen LogP contribution in [0.2, 0.25) is 0 Å². The van der Waals surface area contributed by atoms with E-state index in [1.54, 1.807) is 11.8 Å². The normalized spacial score (nSPS) is 23.0. The fraction of sp³-hybridized carbons (Fsp3) is 0.556. The summed E-state index contributed by atoms with van der Waals surface area (Å²) >= 11 is 0. The first-order valence-corrected chi connectivity index (χ1v) is 9.08. The molecular formula is C18H19F3N2O6. The summed E-state index contributed by atoms with van der Waals surface area (Å²) in [6.45, 7) is 2.16. The van der Waals surface area contributed by atoms with E-state index in [0.29, 0.717) is 25.3 Å². The highest BCUT2D eigenvalue weighted by atomic mass is 19.4. The van der Waals surface area contributed by atoms with Crippen molar-refractivity contribution in [1.82, 2.24) is 0 Å². The molecule has 8 nitrogen and oxygen atoms in total. The molecule has 2 unspecified atom stereocenters. The number of carbonyl (C=O) groups is 2. The zero-order chi connectivity index (χ0) is 21.3. The van der Waals surface area contributed by atoms with E-state index in [2.05, 4.69) is 0 Å².